The summed E-state index contributed by atoms with van der Waals surface area (Å²) >= 11 is 6.29. The van der Waals surface area contributed by atoms with E-state index >= 15 is 0 Å². The molecule has 2 aromatic heterocycles. The van der Waals surface area contributed by atoms with Gasteiger partial charge in [-0.3, -0.25) is 33.5 Å². The van der Waals surface area contributed by atoms with Crippen LogP contribution in [0, 0.1) is 0 Å². The molecule has 0 radical (unpaired) electrons. The molecule has 2 saturated heterocycles. The number of fused-ring (bicyclic) bond motifs is 1. The van der Waals surface area contributed by atoms with Crippen molar-refractivity contribution in [2.24, 2.45) is 0 Å². The highest BCUT2D eigenvalue weighted by Gasteiger charge is 2.44. The molecule has 57 heavy (non-hydrogen) atoms. The quantitative estimate of drug-likeness (QED) is 0.0525. The molecule has 8 N–H and O–H groups in total. The molecule has 0 bridgehead atoms. The lowest BCUT2D eigenvalue weighted by molar-refractivity contribution is -0.135. The second kappa shape index (κ2) is 17.7. The van der Waals surface area contributed by atoms with Crippen molar-refractivity contribution in [3.63, 3.8) is 0 Å². The van der Waals surface area contributed by atoms with E-state index < -0.39 is 41.0 Å². The van der Waals surface area contributed by atoms with Gasteiger partial charge >= 0.3 is 0 Å². The topological polar surface area (TPSA) is 263 Å². The number of imidazole rings is 1. The number of rotatable bonds is 16. The molecule has 2 aliphatic rings. The average Bonchev–Trinajstić information content (AvgIpc) is 3.75. The minimum absolute atomic E-state index is 0.0288. The Morgan fingerprint density at radius 1 is 1.09 bits per heavy atom. The number of hydrogen-bond donors (Lipinski definition) is 7. The Kier molecular flexibility index (Phi) is 12.8. The lowest BCUT2D eigenvalue weighted by atomic mass is 10.1. The van der Waals surface area contributed by atoms with Gasteiger partial charge in [0.25, 0.3) is 16.4 Å². The lowest BCUT2D eigenvalue weighted by Gasteiger charge is -2.34. The van der Waals surface area contributed by atoms with Crippen molar-refractivity contribution < 1.29 is 29.3 Å². The van der Waals surface area contributed by atoms with E-state index in [1.165, 1.54) is 17.0 Å². The molecule has 4 unspecified atom stereocenters. The van der Waals surface area contributed by atoms with Crippen LogP contribution in [0.25, 0.3) is 11.2 Å². The molecular formula is C36H46ClN11O9. The van der Waals surface area contributed by atoms with Gasteiger partial charge in [-0.15, -0.1) is 0 Å². The number of likely N-dealkylation sites (N-methyl/N-ethyl adjacent to an activating group) is 1. The molecule has 4 heterocycles. The first-order valence-corrected chi connectivity index (χ1v) is 18.8. The molecule has 0 spiro atoms. The Hall–Kier alpha value is -5.54. The van der Waals surface area contributed by atoms with Crippen molar-refractivity contribution >= 4 is 57.6 Å². The fourth-order valence-corrected chi connectivity index (χ4v) is 7.01. The number of carbonyl (C=O) groups excluding carboxylic acids is 2. The Bertz CT molecular complexity index is 2260. The monoisotopic (exact) mass is 811 g/mol. The number of hydrogen-bond acceptors (Lipinski definition) is 16. The van der Waals surface area contributed by atoms with Gasteiger partial charge in [0.1, 0.15) is 35.4 Å². The highest BCUT2D eigenvalue weighted by molar-refractivity contribution is 6.31. The van der Waals surface area contributed by atoms with Crippen LogP contribution in [-0.4, -0.2) is 148 Å². The van der Waals surface area contributed by atoms with Gasteiger partial charge in [0.2, 0.25) is 17.8 Å². The number of aryl methyl sites for hydroxylation is 1. The van der Waals surface area contributed by atoms with E-state index in [-0.39, 0.29) is 53.4 Å². The number of carbonyl (C=O) groups is 2. The van der Waals surface area contributed by atoms with E-state index in [2.05, 4.69) is 30.9 Å². The van der Waals surface area contributed by atoms with Crippen molar-refractivity contribution in [1.82, 2.24) is 34.2 Å². The number of ether oxygens (including phenoxy) is 2. The van der Waals surface area contributed by atoms with Gasteiger partial charge in [0.15, 0.2) is 17.4 Å². The van der Waals surface area contributed by atoms with Crippen LogP contribution >= 0.6 is 11.6 Å². The second-order valence-corrected chi connectivity index (χ2v) is 14.2. The van der Waals surface area contributed by atoms with Crippen LogP contribution in [0.3, 0.4) is 0 Å². The summed E-state index contributed by atoms with van der Waals surface area (Å²) in [5.41, 5.74) is 5.43. The van der Waals surface area contributed by atoms with E-state index in [0.717, 1.165) is 12.0 Å². The standard InChI is InChI=1S/C36H46ClN11O9/c1-4-19-14-21(22(56-3)15-20(19)37)40-17-25(50)47-12-10-46(11-13-47)24(49)6-5-8-45(2)9-7-39-26-27(31(53)30(26)52)41-16-23-29(51)32(54)35(57-23)48-18-42-28-33(48)43-36(38)44-34(28)55/h5-6,14-15,18,23,29,32,35,39-41,51,54H,4,7-13,16-17H2,1-3H3,(H3,38,43,44,55). The minimum Gasteiger partial charge on any atom is -0.495 e. The molecule has 4 aromatic rings. The molecule has 2 aromatic carbocycles. The molecule has 0 aliphatic carbocycles. The number of H-pyrrole nitrogens is 1. The minimum atomic E-state index is -1.43. The predicted molar refractivity (Wildman–Crippen MR) is 212 cm³/mol. The number of nitrogens with two attached hydrogens (primary N) is 1. The van der Waals surface area contributed by atoms with Crippen molar-refractivity contribution in [2.45, 2.75) is 37.9 Å². The van der Waals surface area contributed by atoms with Crippen LogP contribution in [-0.2, 0) is 20.7 Å². The number of nitrogens with zero attached hydrogens (tertiary/aromatic N) is 6. The molecule has 4 atom stereocenters. The van der Waals surface area contributed by atoms with E-state index in [4.69, 9.17) is 26.8 Å². The van der Waals surface area contributed by atoms with Crippen LogP contribution in [0.15, 0.2) is 45.0 Å². The number of aromatic amines is 1. The molecule has 20 nitrogen and oxygen atoms in total. The Labute approximate surface area is 330 Å². The molecular weight excluding hydrogens is 766 g/mol. The summed E-state index contributed by atoms with van der Waals surface area (Å²) in [5.74, 6) is 0.144. The number of anilines is 4. The molecule has 2 fully saturated rings. The van der Waals surface area contributed by atoms with E-state index in [0.29, 0.717) is 62.3 Å². The zero-order valence-electron chi connectivity index (χ0n) is 31.7. The lowest BCUT2D eigenvalue weighted by Crippen LogP contribution is -2.51. The number of aliphatic hydroxyl groups excluding tert-OH is 2. The Morgan fingerprint density at radius 2 is 1.79 bits per heavy atom. The van der Waals surface area contributed by atoms with E-state index in [1.54, 1.807) is 29.1 Å². The molecule has 2 aliphatic heterocycles. The number of benzene rings is 1. The Balaban J connectivity index is 0.908. The summed E-state index contributed by atoms with van der Waals surface area (Å²) < 4.78 is 12.5. The maximum Gasteiger partial charge on any atom is 0.280 e. The third-order valence-corrected chi connectivity index (χ3v) is 10.4. The van der Waals surface area contributed by atoms with Crippen LogP contribution in [0.5, 0.6) is 5.75 Å². The van der Waals surface area contributed by atoms with Gasteiger partial charge in [-0.2, -0.15) is 4.98 Å². The summed E-state index contributed by atoms with van der Waals surface area (Å²) in [6, 6.07) is 3.61. The molecule has 21 heteroatoms. The summed E-state index contributed by atoms with van der Waals surface area (Å²) in [7, 11) is 3.38. The van der Waals surface area contributed by atoms with Gasteiger partial charge in [0.05, 0.1) is 25.7 Å². The van der Waals surface area contributed by atoms with Gasteiger partial charge in [-0.05, 0) is 25.1 Å². The first kappa shape index (κ1) is 41.1. The number of nitrogen functional groups attached to an aromatic ring is 1. The van der Waals surface area contributed by atoms with Gasteiger partial charge < -0.3 is 56.1 Å². The maximum absolute atomic E-state index is 12.9. The first-order chi connectivity index (χ1) is 27.3. The first-order valence-electron chi connectivity index (χ1n) is 18.4. The molecule has 2 amide bonds. The molecule has 0 saturated carbocycles. The van der Waals surface area contributed by atoms with Crippen LogP contribution in [0.2, 0.25) is 5.02 Å². The summed E-state index contributed by atoms with van der Waals surface area (Å²) in [4.78, 5) is 78.4. The Morgan fingerprint density at radius 3 is 2.49 bits per heavy atom. The largest absolute Gasteiger partial charge is 0.495 e. The van der Waals surface area contributed by atoms with Crippen molar-refractivity contribution in [3.05, 3.63) is 72.0 Å². The van der Waals surface area contributed by atoms with Crippen LogP contribution < -0.4 is 42.8 Å². The third kappa shape index (κ3) is 8.89. The average molecular weight is 812 g/mol. The zero-order chi connectivity index (χ0) is 41.0. The number of piperazine rings is 1. The number of aliphatic hydroxyl groups is 2. The summed E-state index contributed by atoms with van der Waals surface area (Å²) in [5, 5.41) is 31.0. The fourth-order valence-electron chi connectivity index (χ4n) is 6.73. The smallest absolute Gasteiger partial charge is 0.280 e. The zero-order valence-corrected chi connectivity index (χ0v) is 32.4. The normalized spacial score (nSPS) is 19.9. The number of nitrogens with one attached hydrogen (secondary N) is 4. The highest BCUT2D eigenvalue weighted by atomic mass is 35.5. The fraction of sp³-hybridized carbons (Fsp3) is 0.472. The van der Waals surface area contributed by atoms with Crippen LogP contribution in [0.1, 0.15) is 18.7 Å². The van der Waals surface area contributed by atoms with Crippen LogP contribution in [0.4, 0.5) is 23.0 Å². The number of aromatic nitrogens is 4. The van der Waals surface area contributed by atoms with Gasteiger partial charge in [0, 0.05) is 69.5 Å². The maximum atomic E-state index is 12.9. The highest BCUT2D eigenvalue weighted by Crippen LogP contribution is 2.33. The molecule has 306 valence electrons. The number of halogens is 1. The van der Waals surface area contributed by atoms with Crippen molar-refractivity contribution in [2.75, 3.05) is 94.7 Å². The third-order valence-electron chi connectivity index (χ3n) is 10.0. The van der Waals surface area contributed by atoms with Crippen molar-refractivity contribution in [3.8, 4) is 5.75 Å². The second-order valence-electron chi connectivity index (χ2n) is 13.8. The summed E-state index contributed by atoms with van der Waals surface area (Å²) in [6.45, 7) is 4.78. The van der Waals surface area contributed by atoms with Gasteiger partial charge in [-0.1, -0.05) is 24.6 Å². The number of methoxy groups -OCH3 is 1. The number of amides is 2. The van der Waals surface area contributed by atoms with E-state index in [9.17, 15) is 34.2 Å². The summed E-state index contributed by atoms with van der Waals surface area (Å²) in [6.07, 6.45) is 0.228. The predicted octanol–water partition coefficient (Wildman–Crippen LogP) is -1.06. The van der Waals surface area contributed by atoms with E-state index in [1.807, 2.05) is 24.9 Å². The SMILES string of the molecule is CCc1cc(NCC(=O)N2CCN(C(=O)C=CCN(C)CCNc3c(NCC4OC(n5cnc6c(=O)[nH]c(N)nc65)C(O)C4O)c(=O)c3=O)CC2)c(OC)cc1Cl. The molecule has 6 rings (SSSR count). The van der Waals surface area contributed by atoms with Gasteiger partial charge in [-0.25, -0.2) is 4.98 Å². The van der Waals surface area contributed by atoms with Crippen molar-refractivity contribution in [1.29, 1.82) is 0 Å².